The first-order chi connectivity index (χ1) is 8.06. The highest BCUT2D eigenvalue weighted by molar-refractivity contribution is 4.56. The average molecular weight is 242 g/mol. The highest BCUT2D eigenvalue weighted by atomic mass is 16.5. The third kappa shape index (κ3) is 12.2. The summed E-state index contributed by atoms with van der Waals surface area (Å²) in [4.78, 5) is 0. The fraction of sp³-hybridized carbons (Fsp3) is 1.00. The van der Waals surface area contributed by atoms with E-state index in [0.717, 1.165) is 18.4 Å². The molecule has 0 fully saturated rings. The van der Waals surface area contributed by atoms with Gasteiger partial charge in [-0.05, 0) is 38.0 Å². The lowest BCUT2D eigenvalue weighted by molar-refractivity contribution is 0.0553. The average Bonchev–Trinajstić information content (AvgIpc) is 2.24. The summed E-state index contributed by atoms with van der Waals surface area (Å²) in [7, 11) is 0. The zero-order valence-electron chi connectivity index (χ0n) is 12.8. The van der Waals surface area contributed by atoms with Crippen LogP contribution in [0.15, 0.2) is 0 Å². The standard InChI is InChI=1S/C16H34O/c1-6-9-16(5)17-13-8-12-15(4)11-7-10-14(2)3/h14-16H,6-13H2,1-5H3. The lowest BCUT2D eigenvalue weighted by Gasteiger charge is -2.14. The largest absolute Gasteiger partial charge is 0.379 e. The van der Waals surface area contributed by atoms with Crippen LogP contribution >= 0.6 is 0 Å². The van der Waals surface area contributed by atoms with E-state index in [0.29, 0.717) is 6.10 Å². The molecule has 0 aliphatic carbocycles. The monoisotopic (exact) mass is 242 g/mol. The first-order valence-corrected chi connectivity index (χ1v) is 7.67. The third-order valence-electron chi connectivity index (χ3n) is 3.42. The van der Waals surface area contributed by atoms with Crippen LogP contribution in [0.25, 0.3) is 0 Å². The molecule has 17 heavy (non-hydrogen) atoms. The van der Waals surface area contributed by atoms with E-state index in [9.17, 15) is 0 Å². The van der Waals surface area contributed by atoms with Gasteiger partial charge in [-0.3, -0.25) is 0 Å². The maximum atomic E-state index is 5.78. The molecule has 0 N–H and O–H groups in total. The van der Waals surface area contributed by atoms with Crippen molar-refractivity contribution in [3.05, 3.63) is 0 Å². The molecule has 2 unspecified atom stereocenters. The third-order valence-corrected chi connectivity index (χ3v) is 3.42. The molecule has 0 aromatic heterocycles. The molecule has 0 aromatic carbocycles. The van der Waals surface area contributed by atoms with Gasteiger partial charge < -0.3 is 4.74 Å². The van der Waals surface area contributed by atoms with Crippen LogP contribution in [-0.2, 0) is 4.74 Å². The maximum absolute atomic E-state index is 5.78. The highest BCUT2D eigenvalue weighted by Gasteiger charge is 2.04. The number of rotatable bonds is 11. The van der Waals surface area contributed by atoms with Gasteiger partial charge in [-0.25, -0.2) is 0 Å². The van der Waals surface area contributed by atoms with E-state index in [4.69, 9.17) is 4.74 Å². The molecule has 2 atom stereocenters. The van der Waals surface area contributed by atoms with Gasteiger partial charge >= 0.3 is 0 Å². The minimum atomic E-state index is 0.455. The van der Waals surface area contributed by atoms with Crippen molar-refractivity contribution in [2.45, 2.75) is 85.7 Å². The summed E-state index contributed by atoms with van der Waals surface area (Å²) in [6, 6.07) is 0. The van der Waals surface area contributed by atoms with E-state index in [1.165, 1.54) is 44.9 Å². The van der Waals surface area contributed by atoms with Gasteiger partial charge in [-0.1, -0.05) is 53.4 Å². The minimum absolute atomic E-state index is 0.455. The fourth-order valence-electron chi connectivity index (χ4n) is 2.23. The maximum Gasteiger partial charge on any atom is 0.0546 e. The Morgan fingerprint density at radius 3 is 2.06 bits per heavy atom. The quantitative estimate of drug-likeness (QED) is 0.439. The Morgan fingerprint density at radius 1 is 0.824 bits per heavy atom. The van der Waals surface area contributed by atoms with Gasteiger partial charge in [0.1, 0.15) is 0 Å². The van der Waals surface area contributed by atoms with Gasteiger partial charge in [0.15, 0.2) is 0 Å². The van der Waals surface area contributed by atoms with Crippen molar-refractivity contribution in [3.8, 4) is 0 Å². The smallest absolute Gasteiger partial charge is 0.0546 e. The molecule has 0 heterocycles. The first kappa shape index (κ1) is 17.0. The number of ether oxygens (including phenoxy) is 1. The molecule has 0 amide bonds. The molecular formula is C16H34O. The number of hydrogen-bond acceptors (Lipinski definition) is 1. The van der Waals surface area contributed by atoms with E-state index in [2.05, 4.69) is 34.6 Å². The molecule has 0 aliphatic rings. The van der Waals surface area contributed by atoms with Crippen molar-refractivity contribution in [1.29, 1.82) is 0 Å². The Balaban J connectivity index is 3.29. The second-order valence-corrected chi connectivity index (χ2v) is 6.04. The Kier molecular flexibility index (Phi) is 11.0. The van der Waals surface area contributed by atoms with Gasteiger partial charge in [0, 0.05) is 6.61 Å². The summed E-state index contributed by atoms with van der Waals surface area (Å²) in [5, 5.41) is 0. The van der Waals surface area contributed by atoms with Crippen molar-refractivity contribution in [2.75, 3.05) is 6.61 Å². The van der Waals surface area contributed by atoms with Crippen molar-refractivity contribution >= 4 is 0 Å². The zero-order valence-corrected chi connectivity index (χ0v) is 12.8. The van der Waals surface area contributed by atoms with Crippen LogP contribution in [0.5, 0.6) is 0 Å². The zero-order chi connectivity index (χ0) is 13.1. The van der Waals surface area contributed by atoms with Crippen LogP contribution in [0.4, 0.5) is 0 Å². The first-order valence-electron chi connectivity index (χ1n) is 7.67. The van der Waals surface area contributed by atoms with Crippen molar-refractivity contribution < 1.29 is 4.74 Å². The van der Waals surface area contributed by atoms with E-state index in [-0.39, 0.29) is 0 Å². The molecule has 104 valence electrons. The van der Waals surface area contributed by atoms with Crippen LogP contribution in [-0.4, -0.2) is 12.7 Å². The molecule has 0 saturated carbocycles. The minimum Gasteiger partial charge on any atom is -0.379 e. The van der Waals surface area contributed by atoms with Gasteiger partial charge in [0.05, 0.1) is 6.10 Å². The molecule has 0 saturated heterocycles. The molecule has 1 heteroatoms. The Hall–Kier alpha value is -0.0400. The second kappa shape index (κ2) is 11.1. The van der Waals surface area contributed by atoms with Crippen LogP contribution in [0.3, 0.4) is 0 Å². The number of hydrogen-bond donors (Lipinski definition) is 0. The summed E-state index contributed by atoms with van der Waals surface area (Å²) in [5.41, 5.74) is 0. The van der Waals surface area contributed by atoms with Crippen LogP contribution in [0.2, 0.25) is 0 Å². The highest BCUT2D eigenvalue weighted by Crippen LogP contribution is 2.16. The fourth-order valence-corrected chi connectivity index (χ4v) is 2.23. The second-order valence-electron chi connectivity index (χ2n) is 6.04. The van der Waals surface area contributed by atoms with Gasteiger partial charge in [0.2, 0.25) is 0 Å². The summed E-state index contributed by atoms with van der Waals surface area (Å²) in [6.07, 6.45) is 9.62. The van der Waals surface area contributed by atoms with Crippen LogP contribution in [0.1, 0.15) is 79.6 Å². The molecule has 1 nitrogen and oxygen atoms in total. The predicted octanol–water partition coefficient (Wildman–Crippen LogP) is 5.43. The Labute approximate surface area is 109 Å². The normalized spacial score (nSPS) is 15.2. The van der Waals surface area contributed by atoms with Crippen molar-refractivity contribution in [3.63, 3.8) is 0 Å². The summed E-state index contributed by atoms with van der Waals surface area (Å²) in [5.74, 6) is 1.74. The summed E-state index contributed by atoms with van der Waals surface area (Å²) in [6.45, 7) is 12.4. The van der Waals surface area contributed by atoms with E-state index in [1.54, 1.807) is 0 Å². The van der Waals surface area contributed by atoms with E-state index in [1.807, 2.05) is 0 Å². The molecule has 0 aromatic rings. The topological polar surface area (TPSA) is 9.23 Å². The van der Waals surface area contributed by atoms with Crippen molar-refractivity contribution in [1.82, 2.24) is 0 Å². The van der Waals surface area contributed by atoms with Crippen LogP contribution in [0, 0.1) is 11.8 Å². The Morgan fingerprint density at radius 2 is 1.47 bits per heavy atom. The van der Waals surface area contributed by atoms with Gasteiger partial charge in [0.25, 0.3) is 0 Å². The molecule has 0 bridgehead atoms. The molecule has 0 aliphatic heterocycles. The van der Waals surface area contributed by atoms with E-state index >= 15 is 0 Å². The molecule has 0 radical (unpaired) electrons. The molecular weight excluding hydrogens is 208 g/mol. The summed E-state index contributed by atoms with van der Waals surface area (Å²) < 4.78 is 5.78. The molecule has 0 rings (SSSR count). The van der Waals surface area contributed by atoms with Crippen LogP contribution < -0.4 is 0 Å². The van der Waals surface area contributed by atoms with Gasteiger partial charge in [-0.2, -0.15) is 0 Å². The SMILES string of the molecule is CCCC(C)OCCCC(C)CCCC(C)C. The molecule has 0 spiro atoms. The predicted molar refractivity (Wildman–Crippen MR) is 77.4 cm³/mol. The Bertz CT molecular complexity index is 154. The van der Waals surface area contributed by atoms with Crippen molar-refractivity contribution in [2.24, 2.45) is 11.8 Å². The van der Waals surface area contributed by atoms with Gasteiger partial charge in [-0.15, -0.1) is 0 Å². The lowest BCUT2D eigenvalue weighted by Crippen LogP contribution is -2.09. The lowest BCUT2D eigenvalue weighted by atomic mass is 9.96. The van der Waals surface area contributed by atoms with E-state index < -0.39 is 0 Å². The summed E-state index contributed by atoms with van der Waals surface area (Å²) >= 11 is 0.